The Hall–Kier alpha value is -2.35. The molecule has 4 rings (SSSR count). The minimum absolute atomic E-state index is 0.0914. The zero-order valence-corrected chi connectivity index (χ0v) is 21.1. The quantitative estimate of drug-likeness (QED) is 0.392. The summed E-state index contributed by atoms with van der Waals surface area (Å²) in [6.07, 6.45) is -7.34. The molecule has 0 aromatic heterocycles. The molecule has 214 valence electrons. The van der Waals surface area contributed by atoms with Gasteiger partial charge in [-0.3, -0.25) is 23.9 Å². The highest BCUT2D eigenvalue weighted by atomic mass is 19.4. The Morgan fingerprint density at radius 2 is 1.82 bits per heavy atom. The van der Waals surface area contributed by atoms with Crippen LogP contribution in [0.15, 0.2) is 0 Å². The fourth-order valence-electron chi connectivity index (χ4n) is 6.24. The number of rotatable bonds is 8. The lowest BCUT2D eigenvalue weighted by Crippen LogP contribution is -2.59. The van der Waals surface area contributed by atoms with Gasteiger partial charge in [0.2, 0.25) is 17.7 Å². The van der Waals surface area contributed by atoms with Gasteiger partial charge in [-0.2, -0.15) is 0 Å². The van der Waals surface area contributed by atoms with Crippen molar-refractivity contribution in [3.8, 4) is 0 Å². The second-order valence-electron chi connectivity index (χ2n) is 11.5. The molecule has 0 aromatic rings. The summed E-state index contributed by atoms with van der Waals surface area (Å²) in [7, 11) is 0. The van der Waals surface area contributed by atoms with Crippen molar-refractivity contribution >= 4 is 23.5 Å². The largest absolute Gasteiger partial charge is 0.522 e. The number of hydrogen-bond donors (Lipinski definition) is 3. The van der Waals surface area contributed by atoms with Gasteiger partial charge in [0.05, 0.1) is 6.04 Å². The van der Waals surface area contributed by atoms with Gasteiger partial charge in [-0.1, -0.05) is 13.8 Å². The monoisotopic (exact) mass is 553 g/mol. The minimum atomic E-state index is -5.08. The average Bonchev–Trinajstić information content (AvgIpc) is 3.18. The van der Waals surface area contributed by atoms with Crippen LogP contribution in [0.4, 0.5) is 22.0 Å². The van der Waals surface area contributed by atoms with Crippen LogP contribution in [0.25, 0.3) is 0 Å². The van der Waals surface area contributed by atoms with Crippen LogP contribution in [0.2, 0.25) is 0 Å². The molecule has 0 bridgehead atoms. The SMILES string of the molecule is CC1(C)[C@@H]2[C@@H](C(=O)N[C@@H](C[C@@H]3CCNC3=O)C(=O)COC(F)(F)F)N(C(=O)C3(O)CCC(F)(F)CC3)C[C@@H]21. The first-order chi connectivity index (χ1) is 17.5. The molecule has 2 saturated carbocycles. The lowest BCUT2D eigenvalue weighted by molar-refractivity contribution is -0.321. The van der Waals surface area contributed by atoms with E-state index in [1.54, 1.807) is 0 Å². The molecule has 2 aliphatic carbocycles. The maximum absolute atomic E-state index is 13.7. The smallest absolute Gasteiger partial charge is 0.380 e. The normalized spacial score (nSPS) is 31.8. The van der Waals surface area contributed by atoms with Crippen LogP contribution < -0.4 is 10.6 Å². The van der Waals surface area contributed by atoms with Gasteiger partial charge in [-0.15, -0.1) is 13.2 Å². The number of carbonyl (C=O) groups excluding carboxylic acids is 4. The third kappa shape index (κ3) is 5.65. The number of carbonyl (C=O) groups is 4. The molecule has 9 nitrogen and oxygen atoms in total. The number of nitrogens with one attached hydrogen (secondary N) is 2. The number of fused-ring (bicyclic) bond motifs is 1. The van der Waals surface area contributed by atoms with Gasteiger partial charge in [0.15, 0.2) is 5.78 Å². The summed E-state index contributed by atoms with van der Waals surface area (Å²) in [5.41, 5.74) is -2.44. The summed E-state index contributed by atoms with van der Waals surface area (Å²) < 4.78 is 68.7. The van der Waals surface area contributed by atoms with E-state index >= 15 is 0 Å². The van der Waals surface area contributed by atoms with Crippen LogP contribution in [0.1, 0.15) is 52.4 Å². The zero-order valence-electron chi connectivity index (χ0n) is 21.1. The van der Waals surface area contributed by atoms with E-state index in [-0.39, 0.29) is 30.2 Å². The second kappa shape index (κ2) is 9.68. The van der Waals surface area contributed by atoms with Gasteiger partial charge in [0, 0.05) is 31.8 Å². The van der Waals surface area contributed by atoms with Crippen LogP contribution in [0.5, 0.6) is 0 Å². The van der Waals surface area contributed by atoms with Crippen molar-refractivity contribution in [3.05, 3.63) is 0 Å². The third-order valence-corrected chi connectivity index (χ3v) is 8.71. The van der Waals surface area contributed by atoms with E-state index in [2.05, 4.69) is 15.4 Å². The van der Waals surface area contributed by atoms with Crippen molar-refractivity contribution in [3.63, 3.8) is 0 Å². The highest BCUT2D eigenvalue weighted by Gasteiger charge is 2.70. The summed E-state index contributed by atoms with van der Waals surface area (Å²) in [4.78, 5) is 52.8. The van der Waals surface area contributed by atoms with Crippen molar-refractivity contribution in [2.75, 3.05) is 19.7 Å². The predicted molar refractivity (Wildman–Crippen MR) is 119 cm³/mol. The summed E-state index contributed by atoms with van der Waals surface area (Å²) in [5, 5.41) is 15.9. The summed E-state index contributed by atoms with van der Waals surface area (Å²) >= 11 is 0. The van der Waals surface area contributed by atoms with Crippen LogP contribution in [0, 0.1) is 23.2 Å². The Morgan fingerprint density at radius 3 is 2.37 bits per heavy atom. The Bertz CT molecular complexity index is 993. The fraction of sp³-hybridized carbons (Fsp3) is 0.833. The van der Waals surface area contributed by atoms with E-state index in [1.165, 1.54) is 0 Å². The number of nitrogens with zero attached hydrogens (tertiary/aromatic N) is 1. The van der Waals surface area contributed by atoms with Crippen LogP contribution >= 0.6 is 0 Å². The lowest BCUT2D eigenvalue weighted by atomic mass is 9.81. The first-order valence-electron chi connectivity index (χ1n) is 12.7. The Kier molecular flexibility index (Phi) is 7.30. The van der Waals surface area contributed by atoms with E-state index in [1.807, 2.05) is 13.8 Å². The van der Waals surface area contributed by atoms with E-state index in [9.17, 15) is 46.2 Å². The van der Waals surface area contributed by atoms with Crippen LogP contribution in [0.3, 0.4) is 0 Å². The highest BCUT2D eigenvalue weighted by Crippen LogP contribution is 2.65. The molecule has 3 amide bonds. The topological polar surface area (TPSA) is 125 Å². The van der Waals surface area contributed by atoms with E-state index < -0.39 is 91.7 Å². The number of halogens is 5. The van der Waals surface area contributed by atoms with E-state index in [4.69, 9.17) is 0 Å². The average molecular weight is 554 g/mol. The number of piperidine rings is 1. The van der Waals surface area contributed by atoms with Crippen molar-refractivity contribution in [1.82, 2.24) is 15.5 Å². The Labute approximate surface area is 215 Å². The number of ketones is 1. The molecule has 5 atom stereocenters. The van der Waals surface area contributed by atoms with Gasteiger partial charge < -0.3 is 20.6 Å². The van der Waals surface area contributed by atoms with Crippen LogP contribution in [-0.2, 0) is 23.9 Å². The van der Waals surface area contributed by atoms with Crippen LogP contribution in [-0.4, -0.2) is 83.2 Å². The standard InChI is InChI=1S/C24H32F5N3O6/c1-21(2)13-10-32(20(36)22(37)4-6-23(25,26)7-5-22)17(16(13)21)19(35)31-14(9-12-3-8-30-18(12)34)15(33)11-38-24(27,28)29/h12-14,16-17,37H,3-11H2,1-2H3,(H,30,34)(H,31,35)/t12-,13-,14-,16-,17-/m0/s1. The molecule has 0 spiro atoms. The lowest BCUT2D eigenvalue weighted by Gasteiger charge is -2.40. The molecular weight excluding hydrogens is 521 g/mol. The number of amides is 3. The van der Waals surface area contributed by atoms with Gasteiger partial charge in [0.25, 0.3) is 5.91 Å². The summed E-state index contributed by atoms with van der Waals surface area (Å²) in [5.74, 6) is -7.36. The number of Topliss-reactive ketones (excluding diaryl/α,β-unsaturated/α-hetero) is 1. The fourth-order valence-corrected chi connectivity index (χ4v) is 6.24. The minimum Gasteiger partial charge on any atom is -0.380 e. The maximum Gasteiger partial charge on any atom is 0.522 e. The van der Waals surface area contributed by atoms with Gasteiger partial charge in [-0.25, -0.2) is 8.78 Å². The molecule has 14 heteroatoms. The van der Waals surface area contributed by atoms with Crippen molar-refractivity contribution in [2.45, 2.75) is 82.3 Å². The molecular formula is C24H32F5N3O6. The Morgan fingerprint density at radius 1 is 1.18 bits per heavy atom. The van der Waals surface area contributed by atoms with E-state index in [0.717, 1.165) is 4.90 Å². The molecule has 2 saturated heterocycles. The van der Waals surface area contributed by atoms with Crippen molar-refractivity contribution in [1.29, 1.82) is 0 Å². The maximum atomic E-state index is 13.7. The van der Waals surface area contributed by atoms with Crippen molar-refractivity contribution < 1.29 is 51.0 Å². The molecule has 3 N–H and O–H groups in total. The van der Waals surface area contributed by atoms with E-state index in [0.29, 0.717) is 13.0 Å². The predicted octanol–water partition coefficient (Wildman–Crippen LogP) is 1.53. The zero-order chi connectivity index (χ0) is 28.3. The number of alkyl halides is 5. The first kappa shape index (κ1) is 28.7. The third-order valence-electron chi connectivity index (χ3n) is 8.71. The van der Waals surface area contributed by atoms with Gasteiger partial charge in [0.1, 0.15) is 18.2 Å². The number of aliphatic hydroxyl groups is 1. The molecule has 4 fully saturated rings. The molecule has 0 unspecified atom stereocenters. The number of hydrogen-bond acceptors (Lipinski definition) is 6. The first-order valence-corrected chi connectivity index (χ1v) is 12.7. The summed E-state index contributed by atoms with van der Waals surface area (Å²) in [6.45, 7) is 2.79. The molecule has 2 aliphatic heterocycles. The molecule has 4 aliphatic rings. The Balaban J connectivity index is 1.52. The number of ether oxygens (including phenoxy) is 1. The second-order valence-corrected chi connectivity index (χ2v) is 11.5. The highest BCUT2D eigenvalue weighted by molar-refractivity contribution is 5.96. The van der Waals surface area contributed by atoms with Gasteiger partial charge >= 0.3 is 6.36 Å². The number of likely N-dealkylation sites (tertiary alicyclic amines) is 1. The molecule has 0 radical (unpaired) electrons. The summed E-state index contributed by atoms with van der Waals surface area (Å²) in [6, 6.07) is -2.65. The molecule has 2 heterocycles. The molecule has 38 heavy (non-hydrogen) atoms. The van der Waals surface area contributed by atoms with Crippen molar-refractivity contribution in [2.24, 2.45) is 23.2 Å². The van der Waals surface area contributed by atoms with Gasteiger partial charge in [-0.05, 0) is 42.9 Å². The molecule has 0 aromatic carbocycles.